The highest BCUT2D eigenvalue weighted by Crippen LogP contribution is 2.38. The van der Waals surface area contributed by atoms with Crippen molar-refractivity contribution in [3.63, 3.8) is 0 Å². The second-order valence-corrected chi connectivity index (χ2v) is 12.2. The van der Waals surface area contributed by atoms with Crippen LogP contribution >= 0.6 is 24.0 Å². The molecule has 8 nitrogen and oxygen atoms in total. The Labute approximate surface area is 260 Å². The maximum atomic E-state index is 13.4. The van der Waals surface area contributed by atoms with Crippen molar-refractivity contribution in [2.45, 2.75) is 57.8 Å². The Morgan fingerprint density at radius 2 is 1.74 bits per heavy atom. The molecule has 0 bridgehead atoms. The van der Waals surface area contributed by atoms with Gasteiger partial charge in [0.1, 0.15) is 10.0 Å². The number of fused-ring (bicyclic) bond motifs is 1. The minimum absolute atomic E-state index is 0.0851. The second kappa shape index (κ2) is 14.5. The first kappa shape index (κ1) is 30.6. The predicted molar refractivity (Wildman–Crippen MR) is 174 cm³/mol. The van der Waals surface area contributed by atoms with Crippen LogP contribution in [-0.4, -0.2) is 49.6 Å². The number of thiocarbonyl (C=S) groups is 1. The molecule has 4 aromatic rings. The number of hydrogen-bond acceptors (Lipinski definition) is 7. The highest BCUT2D eigenvalue weighted by atomic mass is 32.2. The number of nitrogens with zero attached hydrogens (tertiary/aromatic N) is 3. The first-order chi connectivity index (χ1) is 20.9. The number of aromatic nitrogens is 2. The zero-order valence-electron chi connectivity index (χ0n) is 24.2. The average Bonchev–Trinajstić information content (AvgIpc) is 3.70. The fourth-order valence-electron chi connectivity index (χ4n) is 5.15. The number of unbranched alkanes of at least 4 members (excludes halogenated alkanes) is 7. The summed E-state index contributed by atoms with van der Waals surface area (Å²) in [5.41, 5.74) is 2.91. The van der Waals surface area contributed by atoms with Gasteiger partial charge in [0.05, 0.1) is 17.7 Å². The van der Waals surface area contributed by atoms with E-state index in [9.17, 15) is 9.59 Å². The van der Waals surface area contributed by atoms with Crippen molar-refractivity contribution in [2.24, 2.45) is 0 Å². The topological polar surface area (TPSA) is 97.8 Å². The van der Waals surface area contributed by atoms with Gasteiger partial charge in [-0.3, -0.25) is 14.5 Å². The number of aliphatic carboxylic acids is 1. The van der Waals surface area contributed by atoms with E-state index in [0.717, 1.165) is 68.0 Å². The van der Waals surface area contributed by atoms with E-state index in [-0.39, 0.29) is 12.3 Å². The maximum absolute atomic E-state index is 13.4. The maximum Gasteiger partial charge on any atom is 0.303 e. The van der Waals surface area contributed by atoms with E-state index in [1.165, 1.54) is 11.8 Å². The van der Waals surface area contributed by atoms with Gasteiger partial charge in [-0.25, -0.2) is 4.68 Å². The lowest BCUT2D eigenvalue weighted by Crippen LogP contribution is -2.29. The number of furan rings is 1. The summed E-state index contributed by atoms with van der Waals surface area (Å²) < 4.78 is 14.1. The molecule has 0 unspecified atom stereocenters. The molecular weight excluding hydrogens is 583 g/mol. The van der Waals surface area contributed by atoms with E-state index >= 15 is 0 Å². The molecule has 1 aliphatic rings. The smallest absolute Gasteiger partial charge is 0.303 e. The number of rotatable bonds is 15. The molecule has 0 saturated carbocycles. The quantitative estimate of drug-likeness (QED) is 0.0812. The molecule has 1 saturated heterocycles. The van der Waals surface area contributed by atoms with Crippen LogP contribution < -0.4 is 4.74 Å². The molecule has 0 aliphatic carbocycles. The predicted octanol–water partition coefficient (Wildman–Crippen LogP) is 8.09. The average molecular weight is 618 g/mol. The molecule has 0 spiro atoms. The highest BCUT2D eigenvalue weighted by molar-refractivity contribution is 8.26. The second-order valence-electron chi connectivity index (χ2n) is 10.5. The Kier molecular flexibility index (Phi) is 10.3. The molecule has 1 fully saturated rings. The molecular formula is C33H35N3O5S2. The van der Waals surface area contributed by atoms with Crippen LogP contribution in [0, 0.1) is 0 Å². The molecule has 10 heteroatoms. The van der Waals surface area contributed by atoms with Gasteiger partial charge in [0, 0.05) is 30.1 Å². The van der Waals surface area contributed by atoms with E-state index < -0.39 is 5.97 Å². The monoisotopic (exact) mass is 617 g/mol. The van der Waals surface area contributed by atoms with Crippen molar-refractivity contribution in [3.8, 4) is 22.9 Å². The highest BCUT2D eigenvalue weighted by Gasteiger charge is 2.32. The third kappa shape index (κ3) is 7.55. The number of para-hydroxylation sites is 2. The first-order valence-electron chi connectivity index (χ1n) is 14.6. The summed E-state index contributed by atoms with van der Waals surface area (Å²) in [5.74, 6) is 0.417. The van der Waals surface area contributed by atoms with Gasteiger partial charge >= 0.3 is 5.97 Å². The van der Waals surface area contributed by atoms with E-state index in [2.05, 4.69) is 0 Å². The minimum Gasteiger partial charge on any atom is -0.493 e. The lowest BCUT2D eigenvalue weighted by molar-refractivity contribution is -0.137. The number of hydrogen-bond donors (Lipinski definition) is 1. The summed E-state index contributed by atoms with van der Waals surface area (Å²) in [7, 11) is 1.61. The Balaban J connectivity index is 1.27. The summed E-state index contributed by atoms with van der Waals surface area (Å²) in [5, 5.41) is 14.5. The molecule has 3 heterocycles. The summed E-state index contributed by atoms with van der Waals surface area (Å²) in [6, 6.07) is 17.5. The molecule has 224 valence electrons. The number of benzene rings is 2. The third-order valence-electron chi connectivity index (χ3n) is 7.41. The van der Waals surface area contributed by atoms with Gasteiger partial charge in [-0.05, 0) is 43.2 Å². The summed E-state index contributed by atoms with van der Waals surface area (Å²) in [6.07, 6.45) is 12.0. The Morgan fingerprint density at radius 1 is 1.02 bits per heavy atom. The lowest BCUT2D eigenvalue weighted by atomic mass is 10.1. The van der Waals surface area contributed by atoms with Crippen molar-refractivity contribution in [3.05, 3.63) is 71.3 Å². The largest absolute Gasteiger partial charge is 0.493 e. The van der Waals surface area contributed by atoms with Crippen molar-refractivity contribution in [1.29, 1.82) is 0 Å². The van der Waals surface area contributed by atoms with Gasteiger partial charge in [-0.15, -0.1) is 0 Å². The van der Waals surface area contributed by atoms with E-state index in [4.69, 9.17) is 31.6 Å². The Hall–Kier alpha value is -3.89. The molecule has 0 atom stereocenters. The third-order valence-corrected chi connectivity index (χ3v) is 8.78. The summed E-state index contributed by atoms with van der Waals surface area (Å²) in [4.78, 5) is 26.3. The van der Waals surface area contributed by atoms with E-state index in [1.807, 2.05) is 66.9 Å². The number of carbonyl (C=O) groups is 2. The number of amides is 1. The number of ether oxygens (including phenoxy) is 1. The number of methoxy groups -OCH3 is 1. The van der Waals surface area contributed by atoms with Crippen molar-refractivity contribution >= 4 is 57.2 Å². The van der Waals surface area contributed by atoms with Crippen molar-refractivity contribution in [2.75, 3.05) is 13.7 Å². The van der Waals surface area contributed by atoms with Crippen LogP contribution in [0.1, 0.15) is 63.4 Å². The Bertz CT molecular complexity index is 1630. The molecule has 1 aliphatic heterocycles. The number of carboxylic acids is 1. The summed E-state index contributed by atoms with van der Waals surface area (Å²) in [6.45, 7) is 0.597. The van der Waals surface area contributed by atoms with Gasteiger partial charge in [-0.1, -0.05) is 92.8 Å². The zero-order chi connectivity index (χ0) is 30.2. The molecule has 2 aromatic heterocycles. The van der Waals surface area contributed by atoms with Crippen molar-refractivity contribution in [1.82, 2.24) is 14.7 Å². The van der Waals surface area contributed by atoms with Gasteiger partial charge < -0.3 is 14.3 Å². The normalized spacial score (nSPS) is 14.3. The van der Waals surface area contributed by atoms with Crippen LogP contribution in [0.4, 0.5) is 0 Å². The molecule has 1 N–H and O–H groups in total. The van der Waals surface area contributed by atoms with Crippen LogP contribution in [0.25, 0.3) is 34.2 Å². The summed E-state index contributed by atoms with van der Waals surface area (Å²) >= 11 is 6.92. The SMILES string of the molecule is COc1cccc2cc(-c3nn(-c4ccccc4)cc3C=C3SC(=S)N(CCCCCCCCCCC(=O)O)C3=O)oc12. The minimum atomic E-state index is -0.722. The molecule has 43 heavy (non-hydrogen) atoms. The first-order valence-corrected chi connectivity index (χ1v) is 15.9. The molecule has 2 aromatic carbocycles. The lowest BCUT2D eigenvalue weighted by Gasteiger charge is -2.14. The zero-order valence-corrected chi connectivity index (χ0v) is 25.8. The van der Waals surface area contributed by atoms with Gasteiger partial charge in [0.25, 0.3) is 5.91 Å². The molecule has 0 radical (unpaired) electrons. The number of carboxylic acid groups (broad SMARTS) is 1. The molecule has 5 rings (SSSR count). The van der Waals surface area contributed by atoms with Crippen LogP contribution in [0.3, 0.4) is 0 Å². The van der Waals surface area contributed by atoms with Crippen molar-refractivity contribution < 1.29 is 23.8 Å². The van der Waals surface area contributed by atoms with Gasteiger partial charge in [-0.2, -0.15) is 5.10 Å². The fraction of sp³-hybridized carbons (Fsp3) is 0.333. The van der Waals surface area contributed by atoms with Crippen LogP contribution in [0.15, 0.2) is 70.1 Å². The van der Waals surface area contributed by atoms with E-state index in [1.54, 1.807) is 16.7 Å². The molecule has 1 amide bonds. The Morgan fingerprint density at radius 3 is 2.47 bits per heavy atom. The number of thioether (sulfide) groups is 1. The fourth-order valence-corrected chi connectivity index (χ4v) is 6.45. The van der Waals surface area contributed by atoms with Gasteiger partial charge in [0.2, 0.25) is 0 Å². The van der Waals surface area contributed by atoms with Gasteiger partial charge in [0.15, 0.2) is 17.1 Å². The standard InChI is InChI=1S/C33H35N3O5S2/c1-40-26-17-13-14-23-20-27(41-31(23)26)30-24(22-36(34-30)25-15-9-8-10-16-25)21-28-32(39)35(33(42)43-28)19-12-7-5-3-2-4-6-11-18-29(37)38/h8-10,13-17,20-22H,2-7,11-12,18-19H2,1H3,(H,37,38). The van der Waals surface area contributed by atoms with Crippen LogP contribution in [-0.2, 0) is 9.59 Å². The van der Waals surface area contributed by atoms with E-state index in [0.29, 0.717) is 38.6 Å². The van der Waals surface area contributed by atoms with Crippen LogP contribution in [0.2, 0.25) is 0 Å². The van der Waals surface area contributed by atoms with Crippen LogP contribution in [0.5, 0.6) is 5.75 Å². The number of carbonyl (C=O) groups excluding carboxylic acids is 1.